The van der Waals surface area contributed by atoms with Crippen LogP contribution in [0.15, 0.2) is 54.9 Å². The highest BCUT2D eigenvalue weighted by Gasteiger charge is 2.04. The minimum absolute atomic E-state index is 0.253. The molecule has 0 aliphatic carbocycles. The van der Waals surface area contributed by atoms with Gasteiger partial charge in [-0.05, 0) is 24.6 Å². The molecule has 1 heterocycles. The minimum Gasteiger partial charge on any atom is -0.290 e. The Labute approximate surface area is 128 Å². The maximum absolute atomic E-state index is 11.6. The third-order valence-corrected chi connectivity index (χ3v) is 2.75. The second-order valence-electron chi connectivity index (χ2n) is 4.45. The lowest BCUT2D eigenvalue weighted by atomic mass is 10.1. The van der Waals surface area contributed by atoms with Gasteiger partial charge in [0.05, 0.1) is 18.2 Å². The molecule has 0 aliphatic rings. The van der Waals surface area contributed by atoms with Crippen LogP contribution >= 0.6 is 0 Å². The Morgan fingerprint density at radius 2 is 2.14 bits per heavy atom. The Morgan fingerprint density at radius 1 is 1.36 bits per heavy atom. The van der Waals surface area contributed by atoms with E-state index < -0.39 is 0 Å². The molecule has 2 rings (SSSR count). The van der Waals surface area contributed by atoms with Crippen molar-refractivity contribution in [2.24, 2.45) is 0 Å². The Kier molecular flexibility index (Phi) is 5.21. The van der Waals surface area contributed by atoms with E-state index in [0.717, 1.165) is 5.56 Å². The zero-order chi connectivity index (χ0) is 15.8. The van der Waals surface area contributed by atoms with E-state index in [9.17, 15) is 4.79 Å². The van der Waals surface area contributed by atoms with Gasteiger partial charge in [0.1, 0.15) is 6.33 Å². The fraction of sp³-hybridized carbons (Fsp3) is 0.125. The second-order valence-corrected chi connectivity index (χ2v) is 4.45. The summed E-state index contributed by atoms with van der Waals surface area (Å²) in [6.45, 7) is 2.39. The van der Waals surface area contributed by atoms with Crippen LogP contribution in [-0.4, -0.2) is 20.7 Å². The van der Waals surface area contributed by atoms with E-state index in [1.165, 1.54) is 6.08 Å². The molecule has 0 saturated carbocycles. The molecule has 1 aromatic heterocycles. The fourth-order valence-corrected chi connectivity index (χ4v) is 1.71. The molecule has 1 amide bonds. The number of benzene rings is 1. The van der Waals surface area contributed by atoms with E-state index in [4.69, 9.17) is 5.26 Å². The summed E-state index contributed by atoms with van der Waals surface area (Å²) in [4.78, 5) is 15.6. The van der Waals surface area contributed by atoms with E-state index in [0.29, 0.717) is 12.1 Å². The van der Waals surface area contributed by atoms with Gasteiger partial charge in [0.25, 0.3) is 5.91 Å². The van der Waals surface area contributed by atoms with Crippen molar-refractivity contribution in [3.63, 3.8) is 0 Å². The number of anilines is 1. The summed E-state index contributed by atoms with van der Waals surface area (Å²) in [5.41, 5.74) is 1.61. The number of allylic oxidation sites excluding steroid dienone is 3. The molecule has 6 nitrogen and oxygen atoms in total. The van der Waals surface area contributed by atoms with Crippen molar-refractivity contribution in [3.8, 4) is 6.07 Å². The van der Waals surface area contributed by atoms with Crippen LogP contribution in [0.2, 0.25) is 0 Å². The van der Waals surface area contributed by atoms with Gasteiger partial charge in [-0.15, -0.1) is 5.10 Å². The first-order valence-corrected chi connectivity index (χ1v) is 6.70. The van der Waals surface area contributed by atoms with Gasteiger partial charge in [0.15, 0.2) is 0 Å². The van der Waals surface area contributed by atoms with E-state index in [1.54, 1.807) is 35.3 Å². The summed E-state index contributed by atoms with van der Waals surface area (Å²) in [6, 6.07) is 9.29. The molecule has 1 aromatic carbocycles. The minimum atomic E-state index is -0.283. The number of hydrogen-bond donors (Lipinski definition) is 1. The van der Waals surface area contributed by atoms with Crippen molar-refractivity contribution in [2.45, 2.75) is 13.5 Å². The van der Waals surface area contributed by atoms with Crippen molar-refractivity contribution in [2.75, 3.05) is 5.32 Å². The average molecular weight is 293 g/mol. The highest BCUT2D eigenvalue weighted by Crippen LogP contribution is 2.06. The van der Waals surface area contributed by atoms with Crippen LogP contribution in [0.4, 0.5) is 5.95 Å². The zero-order valence-corrected chi connectivity index (χ0v) is 12.1. The van der Waals surface area contributed by atoms with Crippen molar-refractivity contribution in [1.29, 1.82) is 5.26 Å². The number of aromatic nitrogens is 3. The molecule has 22 heavy (non-hydrogen) atoms. The van der Waals surface area contributed by atoms with Gasteiger partial charge >= 0.3 is 0 Å². The predicted molar refractivity (Wildman–Crippen MR) is 82.9 cm³/mol. The van der Waals surface area contributed by atoms with Gasteiger partial charge < -0.3 is 0 Å². The van der Waals surface area contributed by atoms with Gasteiger partial charge in [0.2, 0.25) is 5.95 Å². The van der Waals surface area contributed by atoms with Crippen LogP contribution in [-0.2, 0) is 11.3 Å². The number of rotatable bonds is 5. The Bertz CT molecular complexity index is 735. The van der Waals surface area contributed by atoms with Crippen molar-refractivity contribution in [3.05, 3.63) is 66.0 Å². The number of amides is 1. The maximum atomic E-state index is 11.6. The molecule has 0 bridgehead atoms. The molecule has 0 fully saturated rings. The normalized spacial score (nSPS) is 10.9. The van der Waals surface area contributed by atoms with Gasteiger partial charge in [-0.3, -0.25) is 10.1 Å². The number of carbonyl (C=O) groups is 1. The van der Waals surface area contributed by atoms with Crippen molar-refractivity contribution >= 4 is 11.9 Å². The van der Waals surface area contributed by atoms with Gasteiger partial charge in [-0.2, -0.15) is 5.26 Å². The molecule has 0 spiro atoms. The lowest BCUT2D eigenvalue weighted by Gasteiger charge is -2.00. The quantitative estimate of drug-likeness (QED) is 0.677. The van der Waals surface area contributed by atoms with Crippen LogP contribution in [0, 0.1) is 11.3 Å². The van der Waals surface area contributed by atoms with Gasteiger partial charge in [0, 0.05) is 6.08 Å². The molecule has 6 heteroatoms. The number of nitrogens with one attached hydrogen (secondary N) is 1. The monoisotopic (exact) mass is 293 g/mol. The topological polar surface area (TPSA) is 83.6 Å². The van der Waals surface area contributed by atoms with Crippen LogP contribution in [0.1, 0.15) is 18.1 Å². The first kappa shape index (κ1) is 15.2. The first-order chi connectivity index (χ1) is 10.7. The lowest BCUT2D eigenvalue weighted by molar-refractivity contribution is -0.111. The Hall–Kier alpha value is -3.20. The standard InChI is InChI=1S/C16H15N5O/c1-2-3-4-5-15(22)19-16-18-12-21(20-16)11-14-8-6-13(10-17)7-9-14/h2-9,12H,11H2,1H3,(H,19,20,22)/b3-2+,5-4+. The average Bonchev–Trinajstić information content (AvgIpc) is 2.95. The predicted octanol–water partition coefficient (Wildman–Crippen LogP) is 2.27. The summed E-state index contributed by atoms with van der Waals surface area (Å²) in [5.74, 6) is -0.0296. The summed E-state index contributed by atoms with van der Waals surface area (Å²) in [6.07, 6.45) is 8.18. The molecular weight excluding hydrogens is 278 g/mol. The molecule has 0 radical (unpaired) electrons. The molecule has 0 unspecified atom stereocenters. The summed E-state index contributed by atoms with van der Waals surface area (Å²) >= 11 is 0. The van der Waals surface area contributed by atoms with Crippen LogP contribution in [0.3, 0.4) is 0 Å². The fourth-order valence-electron chi connectivity index (χ4n) is 1.71. The first-order valence-electron chi connectivity index (χ1n) is 6.70. The third-order valence-electron chi connectivity index (χ3n) is 2.75. The molecular formula is C16H15N5O. The Balaban J connectivity index is 1.96. The van der Waals surface area contributed by atoms with Crippen LogP contribution in [0.25, 0.3) is 0 Å². The van der Waals surface area contributed by atoms with E-state index in [2.05, 4.69) is 21.5 Å². The second kappa shape index (κ2) is 7.55. The van der Waals surface area contributed by atoms with E-state index in [1.807, 2.05) is 25.1 Å². The molecule has 2 aromatic rings. The maximum Gasteiger partial charge on any atom is 0.250 e. The SMILES string of the molecule is C/C=C/C=C/C(=O)Nc1ncn(Cc2ccc(C#N)cc2)n1. The summed E-state index contributed by atoms with van der Waals surface area (Å²) < 4.78 is 1.62. The highest BCUT2D eigenvalue weighted by atomic mass is 16.1. The summed E-state index contributed by atoms with van der Waals surface area (Å²) in [5, 5.41) is 15.5. The van der Waals surface area contributed by atoms with Gasteiger partial charge in [-0.1, -0.05) is 30.4 Å². The zero-order valence-electron chi connectivity index (χ0n) is 12.1. The van der Waals surface area contributed by atoms with Crippen LogP contribution in [0.5, 0.6) is 0 Å². The summed E-state index contributed by atoms with van der Waals surface area (Å²) in [7, 11) is 0. The highest BCUT2D eigenvalue weighted by molar-refractivity contribution is 5.98. The third kappa shape index (κ3) is 4.42. The number of hydrogen-bond acceptors (Lipinski definition) is 4. The van der Waals surface area contributed by atoms with E-state index >= 15 is 0 Å². The van der Waals surface area contributed by atoms with E-state index in [-0.39, 0.29) is 11.9 Å². The Morgan fingerprint density at radius 3 is 2.82 bits per heavy atom. The van der Waals surface area contributed by atoms with Gasteiger partial charge in [-0.25, -0.2) is 9.67 Å². The van der Waals surface area contributed by atoms with Crippen LogP contribution < -0.4 is 5.32 Å². The smallest absolute Gasteiger partial charge is 0.250 e. The molecule has 1 N–H and O–H groups in total. The number of carbonyl (C=O) groups excluding carboxylic acids is 1. The van der Waals surface area contributed by atoms with Crippen molar-refractivity contribution < 1.29 is 4.79 Å². The number of nitriles is 1. The molecule has 0 aliphatic heterocycles. The molecule has 0 saturated heterocycles. The molecule has 110 valence electrons. The largest absolute Gasteiger partial charge is 0.290 e. The van der Waals surface area contributed by atoms with Crippen molar-refractivity contribution in [1.82, 2.24) is 14.8 Å². The number of nitrogens with zero attached hydrogens (tertiary/aromatic N) is 4. The molecule has 0 atom stereocenters. The lowest BCUT2D eigenvalue weighted by Crippen LogP contribution is -2.10.